The topological polar surface area (TPSA) is 23.6 Å². The lowest BCUT2D eigenvalue weighted by molar-refractivity contribution is 0.0938. The summed E-state index contributed by atoms with van der Waals surface area (Å²) in [6, 6.07) is 11.9. The van der Waals surface area contributed by atoms with E-state index in [4.69, 9.17) is 0 Å². The maximum atomic E-state index is 12.2. The van der Waals surface area contributed by atoms with Crippen molar-refractivity contribution in [3.63, 3.8) is 0 Å². The molecule has 3 rings (SSSR count). The second kappa shape index (κ2) is 3.06. The van der Waals surface area contributed by atoms with Gasteiger partial charge >= 0.3 is 0 Å². The summed E-state index contributed by atoms with van der Waals surface area (Å²) in [6.07, 6.45) is 0. The fourth-order valence-electron chi connectivity index (χ4n) is 2.30. The first kappa shape index (κ1) is 9.36. The van der Waals surface area contributed by atoms with Gasteiger partial charge in [-0.05, 0) is 17.5 Å². The molecule has 0 saturated carbocycles. The van der Waals surface area contributed by atoms with Crippen molar-refractivity contribution in [2.75, 3.05) is 19.1 Å². The van der Waals surface area contributed by atoms with E-state index in [1.54, 1.807) is 5.01 Å². The maximum absolute atomic E-state index is 12.2. The Bertz CT molecular complexity index is 584. The molecule has 0 aliphatic carbocycles. The van der Waals surface area contributed by atoms with Crippen LogP contribution in [-0.2, 0) is 0 Å². The van der Waals surface area contributed by atoms with Crippen molar-refractivity contribution in [3.8, 4) is 0 Å². The summed E-state index contributed by atoms with van der Waals surface area (Å²) < 4.78 is 0. The zero-order valence-electron chi connectivity index (χ0n) is 9.27. The van der Waals surface area contributed by atoms with Crippen LogP contribution >= 0.6 is 0 Å². The average Bonchev–Trinajstić information content (AvgIpc) is 2.55. The van der Waals surface area contributed by atoms with Gasteiger partial charge in [0.25, 0.3) is 5.91 Å². The van der Waals surface area contributed by atoms with E-state index in [0.29, 0.717) is 0 Å². The van der Waals surface area contributed by atoms with Crippen LogP contribution in [0.1, 0.15) is 10.4 Å². The minimum Gasteiger partial charge on any atom is -0.267 e. The molecule has 3 heteroatoms. The van der Waals surface area contributed by atoms with Crippen molar-refractivity contribution in [1.29, 1.82) is 0 Å². The predicted molar refractivity (Wildman–Crippen MR) is 64.4 cm³/mol. The van der Waals surface area contributed by atoms with E-state index < -0.39 is 0 Å². The smallest absolute Gasteiger partial charge is 0.267 e. The van der Waals surface area contributed by atoms with Gasteiger partial charge in [0.05, 0.1) is 11.3 Å². The van der Waals surface area contributed by atoms with E-state index in [0.717, 1.165) is 22.0 Å². The highest BCUT2D eigenvalue weighted by Crippen LogP contribution is 2.37. The number of amides is 1. The largest absolute Gasteiger partial charge is 0.273 e. The lowest BCUT2D eigenvalue weighted by Crippen LogP contribution is -2.39. The number of hydrazine groups is 1. The Labute approximate surface area is 93.9 Å². The lowest BCUT2D eigenvalue weighted by atomic mass is 10.1. The van der Waals surface area contributed by atoms with Gasteiger partial charge in [-0.2, -0.15) is 0 Å². The third kappa shape index (κ3) is 1.03. The fraction of sp³-hybridized carbons (Fsp3) is 0.154. The van der Waals surface area contributed by atoms with Gasteiger partial charge in [0, 0.05) is 19.5 Å². The third-order valence-electron chi connectivity index (χ3n) is 2.93. The van der Waals surface area contributed by atoms with Gasteiger partial charge in [0.2, 0.25) is 0 Å². The molecule has 1 aliphatic heterocycles. The number of nitrogens with zero attached hydrogens (tertiary/aromatic N) is 2. The molecular formula is C13H12N2O. The molecule has 0 saturated heterocycles. The molecule has 0 aromatic heterocycles. The number of benzene rings is 2. The summed E-state index contributed by atoms with van der Waals surface area (Å²) >= 11 is 0. The average molecular weight is 212 g/mol. The first-order valence-electron chi connectivity index (χ1n) is 5.23. The number of anilines is 1. The number of hydrogen-bond acceptors (Lipinski definition) is 2. The molecule has 0 unspecified atom stereocenters. The Morgan fingerprint density at radius 3 is 2.44 bits per heavy atom. The summed E-state index contributed by atoms with van der Waals surface area (Å²) in [5.41, 5.74) is 1.77. The molecule has 0 atom stereocenters. The van der Waals surface area contributed by atoms with E-state index in [1.165, 1.54) is 0 Å². The number of rotatable bonds is 1. The van der Waals surface area contributed by atoms with Gasteiger partial charge in [0.1, 0.15) is 0 Å². The minimum atomic E-state index is 0.0526. The maximum Gasteiger partial charge on any atom is 0.273 e. The first-order valence-corrected chi connectivity index (χ1v) is 5.23. The minimum absolute atomic E-state index is 0.0526. The Hall–Kier alpha value is -1.87. The van der Waals surface area contributed by atoms with Gasteiger partial charge in [-0.25, -0.2) is 10.0 Å². The van der Waals surface area contributed by atoms with Crippen LogP contribution in [0.15, 0.2) is 36.4 Å². The molecule has 0 spiro atoms. The van der Waals surface area contributed by atoms with Crippen molar-refractivity contribution in [2.45, 2.75) is 0 Å². The van der Waals surface area contributed by atoms with Crippen LogP contribution in [0, 0.1) is 0 Å². The van der Waals surface area contributed by atoms with Gasteiger partial charge in [0.15, 0.2) is 0 Å². The molecule has 2 aromatic carbocycles. The number of carbonyl (C=O) groups is 1. The van der Waals surface area contributed by atoms with Gasteiger partial charge in [-0.3, -0.25) is 4.79 Å². The van der Waals surface area contributed by atoms with Crippen LogP contribution in [-0.4, -0.2) is 25.0 Å². The standard InChI is InChI=1S/C13H12N2O/c1-14(2)15-11-8-4-6-9-5-3-7-10(12(9)11)13(15)16/h3-8H,1-2H3. The van der Waals surface area contributed by atoms with Crippen LogP contribution in [0.5, 0.6) is 0 Å². The molecule has 0 radical (unpaired) electrons. The van der Waals surface area contributed by atoms with Crippen molar-refractivity contribution < 1.29 is 4.79 Å². The van der Waals surface area contributed by atoms with Crippen LogP contribution in [0.2, 0.25) is 0 Å². The second-order valence-corrected chi connectivity index (χ2v) is 4.14. The summed E-state index contributed by atoms with van der Waals surface area (Å²) in [6.45, 7) is 0. The van der Waals surface area contributed by atoms with Crippen LogP contribution < -0.4 is 5.01 Å². The summed E-state index contributed by atoms with van der Waals surface area (Å²) in [7, 11) is 3.76. The second-order valence-electron chi connectivity index (χ2n) is 4.14. The van der Waals surface area contributed by atoms with Crippen LogP contribution in [0.3, 0.4) is 0 Å². The highest BCUT2D eigenvalue weighted by Gasteiger charge is 2.30. The monoisotopic (exact) mass is 212 g/mol. The Morgan fingerprint density at radius 1 is 1.06 bits per heavy atom. The predicted octanol–water partition coefficient (Wildman–Crippen LogP) is 2.28. The van der Waals surface area contributed by atoms with Gasteiger partial charge in [-0.1, -0.05) is 24.3 Å². The molecule has 0 bridgehead atoms. The van der Waals surface area contributed by atoms with E-state index in [9.17, 15) is 4.79 Å². The number of hydrogen-bond donors (Lipinski definition) is 0. The highest BCUT2D eigenvalue weighted by atomic mass is 16.2. The van der Waals surface area contributed by atoms with E-state index in [-0.39, 0.29) is 5.91 Å². The van der Waals surface area contributed by atoms with Crippen molar-refractivity contribution in [1.82, 2.24) is 5.01 Å². The molecule has 3 nitrogen and oxygen atoms in total. The lowest BCUT2D eigenvalue weighted by Gasteiger charge is -2.24. The molecule has 0 N–H and O–H groups in total. The van der Waals surface area contributed by atoms with Gasteiger partial charge < -0.3 is 0 Å². The normalized spacial score (nSPS) is 14.2. The molecule has 80 valence electrons. The zero-order chi connectivity index (χ0) is 11.3. The third-order valence-corrected chi connectivity index (χ3v) is 2.93. The molecular weight excluding hydrogens is 200 g/mol. The quantitative estimate of drug-likeness (QED) is 0.724. The van der Waals surface area contributed by atoms with Crippen LogP contribution in [0.25, 0.3) is 10.8 Å². The van der Waals surface area contributed by atoms with Crippen molar-refractivity contribution in [2.24, 2.45) is 0 Å². The fourth-order valence-corrected chi connectivity index (χ4v) is 2.30. The molecule has 1 aliphatic rings. The van der Waals surface area contributed by atoms with E-state index in [2.05, 4.69) is 0 Å². The Morgan fingerprint density at radius 2 is 1.75 bits per heavy atom. The van der Waals surface area contributed by atoms with Crippen molar-refractivity contribution >= 4 is 22.4 Å². The summed E-state index contributed by atoms with van der Waals surface area (Å²) in [5.74, 6) is 0.0526. The van der Waals surface area contributed by atoms with Gasteiger partial charge in [-0.15, -0.1) is 0 Å². The van der Waals surface area contributed by atoms with E-state index in [1.807, 2.05) is 55.5 Å². The van der Waals surface area contributed by atoms with Crippen molar-refractivity contribution in [3.05, 3.63) is 42.0 Å². The molecule has 2 aromatic rings. The molecule has 1 heterocycles. The summed E-state index contributed by atoms with van der Waals surface area (Å²) in [4.78, 5) is 12.2. The van der Waals surface area contributed by atoms with Crippen LogP contribution in [0.4, 0.5) is 5.69 Å². The summed E-state index contributed by atoms with van der Waals surface area (Å²) in [5, 5.41) is 5.70. The zero-order valence-corrected chi connectivity index (χ0v) is 9.27. The first-order chi connectivity index (χ1) is 7.70. The molecule has 16 heavy (non-hydrogen) atoms. The molecule has 1 amide bonds. The van der Waals surface area contributed by atoms with E-state index >= 15 is 0 Å². The number of carbonyl (C=O) groups excluding carboxylic acids is 1. The SMILES string of the molecule is CN(C)N1C(=O)c2cccc3cccc1c23. The Kier molecular flexibility index (Phi) is 1.79. The molecule has 0 fully saturated rings. The highest BCUT2D eigenvalue weighted by molar-refractivity contribution is 6.24. The Balaban J connectivity index is 2.40.